The number of unbranched alkanes of at least 4 members (excludes halogenated alkanes) is 12. The number of carbonyl (C=O) groups is 5. The Labute approximate surface area is 276 Å². The highest BCUT2D eigenvalue weighted by Crippen LogP contribution is 2.13. The van der Waals surface area contributed by atoms with Crippen LogP contribution in [0.1, 0.15) is 129 Å². The van der Waals surface area contributed by atoms with Gasteiger partial charge in [-0.15, -0.1) is 0 Å². The van der Waals surface area contributed by atoms with Crippen molar-refractivity contribution in [3.8, 4) is 0 Å². The molecule has 0 aliphatic carbocycles. The van der Waals surface area contributed by atoms with Gasteiger partial charge >= 0.3 is 0 Å². The number of nitrogens with two attached hydrogens (primary N) is 2. The Morgan fingerprint density at radius 1 is 0.674 bits per heavy atom. The fraction of sp³-hybridized carbons (Fsp3) is 0.788. The van der Waals surface area contributed by atoms with E-state index in [2.05, 4.69) is 40.1 Å². The van der Waals surface area contributed by atoms with Crippen molar-refractivity contribution in [2.75, 3.05) is 13.6 Å². The predicted molar refractivity (Wildman–Crippen MR) is 181 cm³/mol. The van der Waals surface area contributed by atoms with Crippen molar-refractivity contribution in [1.29, 1.82) is 0 Å². The molecule has 0 heterocycles. The molecule has 0 bridgehead atoms. The van der Waals surface area contributed by atoms with Crippen LogP contribution in [0.4, 0.5) is 0 Å². The minimum absolute atomic E-state index is 0.138. The maximum atomic E-state index is 13.4. The van der Waals surface area contributed by atoms with Gasteiger partial charge < -0.3 is 43.2 Å². The number of hydrogen-bond acceptors (Lipinski definition) is 8. The summed E-state index contributed by atoms with van der Waals surface area (Å²) >= 11 is 0. The van der Waals surface area contributed by atoms with E-state index in [1.54, 1.807) is 0 Å². The molecule has 13 heteroatoms. The number of amides is 5. The number of aliphatic hydroxyl groups is 1. The lowest BCUT2D eigenvalue weighted by molar-refractivity contribution is -0.135. The normalized spacial score (nSPS) is 13.5. The van der Waals surface area contributed by atoms with Gasteiger partial charge in [0.2, 0.25) is 29.5 Å². The van der Waals surface area contributed by atoms with Gasteiger partial charge in [-0.2, -0.15) is 0 Å². The zero-order chi connectivity index (χ0) is 34.7. The molecule has 266 valence electrons. The zero-order valence-electron chi connectivity index (χ0n) is 28.6. The lowest BCUT2D eigenvalue weighted by Gasteiger charge is -2.26. The van der Waals surface area contributed by atoms with E-state index < -0.39 is 47.9 Å². The molecule has 13 nitrogen and oxygen atoms in total. The van der Waals surface area contributed by atoms with Crippen molar-refractivity contribution in [1.82, 2.24) is 26.6 Å². The SMILES string of the molecule is C=C(N)NCCC[C@H](NC(=O)CCCCCCCCCCCCCCC)C(=O)N[C@@H](CCC(N)=O)C(=O)N[C@H](C(=O)NC)[C@@H](C)O. The lowest BCUT2D eigenvalue weighted by atomic mass is 10.0. The summed E-state index contributed by atoms with van der Waals surface area (Å²) in [5, 5.41) is 23.0. The monoisotopic (exact) mass is 653 g/mol. The molecule has 0 fully saturated rings. The molecule has 0 spiro atoms. The molecule has 0 rings (SSSR count). The second-order valence-electron chi connectivity index (χ2n) is 12.1. The summed E-state index contributed by atoms with van der Waals surface area (Å²) in [6.45, 7) is 7.57. The number of nitrogens with one attached hydrogen (secondary N) is 5. The number of rotatable bonds is 29. The van der Waals surface area contributed by atoms with Crippen LogP contribution in [0, 0.1) is 0 Å². The van der Waals surface area contributed by atoms with E-state index in [1.165, 1.54) is 71.8 Å². The zero-order valence-corrected chi connectivity index (χ0v) is 28.6. The Kier molecular flexibility index (Phi) is 24.9. The van der Waals surface area contributed by atoms with Crippen LogP contribution in [0.25, 0.3) is 0 Å². The maximum absolute atomic E-state index is 13.4. The highest BCUT2D eigenvalue weighted by Gasteiger charge is 2.31. The van der Waals surface area contributed by atoms with Crippen LogP contribution in [0.5, 0.6) is 0 Å². The molecule has 0 radical (unpaired) electrons. The van der Waals surface area contributed by atoms with Gasteiger partial charge in [0, 0.05) is 26.4 Å². The molecular weight excluding hydrogens is 590 g/mol. The van der Waals surface area contributed by atoms with E-state index in [0.717, 1.165) is 19.3 Å². The highest BCUT2D eigenvalue weighted by atomic mass is 16.3. The van der Waals surface area contributed by atoms with Gasteiger partial charge in [0.05, 0.1) is 11.9 Å². The van der Waals surface area contributed by atoms with Crippen molar-refractivity contribution < 1.29 is 29.1 Å². The topological polar surface area (TPSA) is 218 Å². The van der Waals surface area contributed by atoms with Gasteiger partial charge in [-0.3, -0.25) is 24.0 Å². The molecule has 4 atom stereocenters. The summed E-state index contributed by atoms with van der Waals surface area (Å²) in [6, 6.07) is -3.48. The Balaban J connectivity index is 5.02. The van der Waals surface area contributed by atoms with Crippen LogP contribution in [-0.2, 0) is 24.0 Å². The van der Waals surface area contributed by atoms with E-state index in [4.69, 9.17) is 11.5 Å². The molecule has 0 aromatic heterocycles. The second-order valence-corrected chi connectivity index (χ2v) is 12.1. The van der Waals surface area contributed by atoms with Gasteiger partial charge in [0.1, 0.15) is 18.1 Å². The number of hydrogen-bond donors (Lipinski definition) is 8. The average Bonchev–Trinajstić information content (AvgIpc) is 3.00. The number of aliphatic hydroxyl groups excluding tert-OH is 1. The Morgan fingerprint density at radius 2 is 1.17 bits per heavy atom. The van der Waals surface area contributed by atoms with Gasteiger partial charge in [-0.1, -0.05) is 90.6 Å². The fourth-order valence-electron chi connectivity index (χ4n) is 5.04. The molecular formula is C33H63N7O6. The van der Waals surface area contributed by atoms with Crippen LogP contribution in [0.3, 0.4) is 0 Å². The first kappa shape index (κ1) is 42.6. The first-order chi connectivity index (χ1) is 21.9. The van der Waals surface area contributed by atoms with Crippen molar-refractivity contribution in [2.24, 2.45) is 11.5 Å². The molecule has 10 N–H and O–H groups in total. The Morgan fingerprint density at radius 3 is 1.65 bits per heavy atom. The molecule has 0 aliphatic heterocycles. The summed E-state index contributed by atoms with van der Waals surface area (Å²) in [7, 11) is 1.36. The molecule has 5 amide bonds. The summed E-state index contributed by atoms with van der Waals surface area (Å²) in [4.78, 5) is 62.8. The number of primary amides is 1. The first-order valence-electron chi connectivity index (χ1n) is 17.2. The van der Waals surface area contributed by atoms with Crippen LogP contribution < -0.4 is 38.1 Å². The molecule has 0 aromatic carbocycles. The Bertz CT molecular complexity index is 915. The fourth-order valence-corrected chi connectivity index (χ4v) is 5.04. The van der Waals surface area contributed by atoms with Gasteiger partial charge in [-0.05, 0) is 32.6 Å². The lowest BCUT2D eigenvalue weighted by Crippen LogP contribution is -2.58. The standard InChI is InChI=1S/C33H63N7O6/c1-5-6-7-8-9-10-11-12-13-14-15-16-17-20-29(43)38-26(19-18-23-37-25(3)34)31(44)39-27(21-22-28(35)42)32(45)40-30(24(2)41)33(46)36-4/h24,26-27,30,37,41H,3,5-23,34H2,1-2,4H3,(H2,35,42)(H,36,46)(H,38,43)(H,39,44)(H,40,45)/t24-,26+,27+,30+/m1/s1. The third-order valence-electron chi connectivity index (χ3n) is 7.80. The van der Waals surface area contributed by atoms with Gasteiger partial charge in [-0.25, -0.2) is 0 Å². The minimum atomic E-state index is -1.28. The van der Waals surface area contributed by atoms with E-state index in [1.807, 2.05) is 0 Å². The average molecular weight is 654 g/mol. The van der Waals surface area contributed by atoms with E-state index in [9.17, 15) is 29.1 Å². The summed E-state index contributed by atoms with van der Waals surface area (Å²) < 4.78 is 0. The van der Waals surface area contributed by atoms with E-state index in [-0.39, 0.29) is 37.4 Å². The van der Waals surface area contributed by atoms with Crippen molar-refractivity contribution in [3.63, 3.8) is 0 Å². The predicted octanol–water partition coefficient (Wildman–Crippen LogP) is 2.11. The van der Waals surface area contributed by atoms with Crippen LogP contribution >= 0.6 is 0 Å². The van der Waals surface area contributed by atoms with Crippen molar-refractivity contribution >= 4 is 29.5 Å². The molecule has 46 heavy (non-hydrogen) atoms. The quantitative estimate of drug-likeness (QED) is 0.0558. The van der Waals surface area contributed by atoms with E-state index >= 15 is 0 Å². The highest BCUT2D eigenvalue weighted by molar-refractivity contribution is 5.94. The summed E-state index contributed by atoms with van der Waals surface area (Å²) in [6.07, 6.45) is 14.9. The van der Waals surface area contributed by atoms with Crippen LogP contribution in [0.15, 0.2) is 12.4 Å². The second kappa shape index (κ2) is 26.8. The van der Waals surface area contributed by atoms with Gasteiger partial charge in [0.25, 0.3) is 0 Å². The molecule has 0 saturated carbocycles. The molecule has 0 aliphatic rings. The van der Waals surface area contributed by atoms with E-state index in [0.29, 0.717) is 19.4 Å². The van der Waals surface area contributed by atoms with Crippen molar-refractivity contribution in [3.05, 3.63) is 12.4 Å². The van der Waals surface area contributed by atoms with Crippen LogP contribution in [-0.4, -0.2) is 72.5 Å². The van der Waals surface area contributed by atoms with Crippen molar-refractivity contribution in [2.45, 2.75) is 154 Å². The smallest absolute Gasteiger partial charge is 0.245 e. The van der Waals surface area contributed by atoms with Gasteiger partial charge in [0.15, 0.2) is 0 Å². The largest absolute Gasteiger partial charge is 0.391 e. The Hall–Kier alpha value is -3.35. The minimum Gasteiger partial charge on any atom is -0.391 e. The molecule has 0 aromatic rings. The number of carbonyl (C=O) groups excluding carboxylic acids is 5. The third kappa shape index (κ3) is 22.2. The third-order valence-corrected chi connectivity index (χ3v) is 7.80. The summed E-state index contributed by atoms with van der Waals surface area (Å²) in [5.41, 5.74) is 10.8. The molecule has 0 unspecified atom stereocenters. The summed E-state index contributed by atoms with van der Waals surface area (Å²) in [5.74, 6) is -2.70. The van der Waals surface area contributed by atoms with Crippen LogP contribution in [0.2, 0.25) is 0 Å². The first-order valence-corrected chi connectivity index (χ1v) is 17.2. The maximum Gasteiger partial charge on any atom is 0.245 e. The number of likely N-dealkylation sites (N-methyl/N-ethyl adjacent to an activating group) is 1. The molecule has 0 saturated heterocycles.